The monoisotopic (exact) mass is 371 g/mol. The zero-order valence-electron chi connectivity index (χ0n) is 15.4. The van der Waals surface area contributed by atoms with Crippen molar-refractivity contribution in [3.63, 3.8) is 0 Å². The fraction of sp³-hybridized carbons (Fsp3) is 0.368. The van der Waals surface area contributed by atoms with E-state index in [1.165, 1.54) is 11.8 Å². The van der Waals surface area contributed by atoms with Crippen molar-refractivity contribution in [3.8, 4) is 0 Å². The van der Waals surface area contributed by atoms with Gasteiger partial charge in [0, 0.05) is 14.0 Å². The SMILES string of the molecule is COC1=CC=CC23C=C(C)C(OC)C(C)=C2n2c(SC(C)=O)cnc2N13. The Morgan fingerprint density at radius 3 is 2.77 bits per heavy atom. The van der Waals surface area contributed by atoms with Gasteiger partial charge in [-0.1, -0.05) is 6.08 Å². The summed E-state index contributed by atoms with van der Waals surface area (Å²) in [6, 6.07) is 0. The van der Waals surface area contributed by atoms with Crippen molar-refractivity contribution >= 4 is 28.5 Å². The summed E-state index contributed by atoms with van der Waals surface area (Å²) in [6.45, 7) is 5.72. The number of hydrogen-bond donors (Lipinski definition) is 0. The second kappa shape index (κ2) is 5.89. The van der Waals surface area contributed by atoms with Crippen molar-refractivity contribution in [1.29, 1.82) is 0 Å². The summed E-state index contributed by atoms with van der Waals surface area (Å²) < 4.78 is 13.4. The number of carbonyl (C=O) groups is 1. The fourth-order valence-corrected chi connectivity index (χ4v) is 4.90. The maximum absolute atomic E-state index is 11.8. The number of thioether (sulfide) groups is 1. The molecule has 26 heavy (non-hydrogen) atoms. The Kier molecular flexibility index (Phi) is 3.89. The van der Waals surface area contributed by atoms with Crippen molar-refractivity contribution < 1.29 is 14.3 Å². The molecular weight excluding hydrogens is 350 g/mol. The van der Waals surface area contributed by atoms with Crippen LogP contribution in [0.25, 0.3) is 5.70 Å². The molecule has 1 spiro atoms. The van der Waals surface area contributed by atoms with Crippen LogP contribution in [0.2, 0.25) is 0 Å². The van der Waals surface area contributed by atoms with Crippen molar-refractivity contribution in [2.45, 2.75) is 37.4 Å². The van der Waals surface area contributed by atoms with Gasteiger partial charge in [-0.15, -0.1) is 0 Å². The third-order valence-corrected chi connectivity index (χ3v) is 5.80. The number of anilines is 1. The molecule has 3 heterocycles. The van der Waals surface area contributed by atoms with Gasteiger partial charge < -0.3 is 9.47 Å². The highest BCUT2D eigenvalue weighted by Gasteiger charge is 2.53. The molecule has 7 heteroatoms. The molecule has 4 rings (SSSR count). The number of carbonyl (C=O) groups excluding carboxylic acids is 1. The number of ether oxygens (including phenoxy) is 2. The van der Waals surface area contributed by atoms with Crippen molar-refractivity contribution in [2.24, 2.45) is 0 Å². The van der Waals surface area contributed by atoms with E-state index in [1.807, 2.05) is 12.2 Å². The van der Waals surface area contributed by atoms with Crippen LogP contribution in [0.5, 0.6) is 0 Å². The van der Waals surface area contributed by atoms with Gasteiger partial charge in [-0.05, 0) is 55.0 Å². The first kappa shape index (κ1) is 17.2. The summed E-state index contributed by atoms with van der Waals surface area (Å²) in [7, 11) is 3.37. The summed E-state index contributed by atoms with van der Waals surface area (Å²) in [5.41, 5.74) is 2.75. The quantitative estimate of drug-likeness (QED) is 0.600. The van der Waals surface area contributed by atoms with Crippen LogP contribution in [-0.2, 0) is 14.3 Å². The molecule has 0 bridgehead atoms. The number of methoxy groups -OCH3 is 2. The minimum atomic E-state index is -0.529. The molecule has 2 atom stereocenters. The molecule has 0 amide bonds. The molecule has 0 saturated carbocycles. The molecular formula is C19H21N3O3S. The van der Waals surface area contributed by atoms with Gasteiger partial charge in [0.2, 0.25) is 5.95 Å². The number of rotatable bonds is 3. The first-order chi connectivity index (χ1) is 12.4. The molecule has 1 aliphatic carbocycles. The predicted octanol–water partition coefficient (Wildman–Crippen LogP) is 3.34. The lowest BCUT2D eigenvalue weighted by Gasteiger charge is -2.41. The lowest BCUT2D eigenvalue weighted by atomic mass is 9.80. The first-order valence-corrected chi connectivity index (χ1v) is 9.20. The van der Waals surface area contributed by atoms with E-state index in [0.717, 1.165) is 27.8 Å². The second-order valence-electron chi connectivity index (χ2n) is 6.59. The Bertz CT molecular complexity index is 924. The van der Waals surface area contributed by atoms with E-state index in [1.54, 1.807) is 27.3 Å². The van der Waals surface area contributed by atoms with Crippen molar-refractivity contribution in [2.75, 3.05) is 19.1 Å². The lowest BCUT2D eigenvalue weighted by Crippen LogP contribution is -2.47. The van der Waals surface area contributed by atoms with Crippen LogP contribution in [-0.4, -0.2) is 40.5 Å². The zero-order chi connectivity index (χ0) is 18.6. The minimum absolute atomic E-state index is 0.0220. The number of imidazole rings is 1. The topological polar surface area (TPSA) is 56.6 Å². The molecule has 136 valence electrons. The number of nitrogens with zero attached hydrogens (tertiary/aromatic N) is 3. The van der Waals surface area contributed by atoms with Crippen molar-refractivity contribution in [3.05, 3.63) is 47.5 Å². The van der Waals surface area contributed by atoms with Crippen LogP contribution in [0.1, 0.15) is 20.8 Å². The van der Waals surface area contributed by atoms with Gasteiger partial charge in [-0.25, -0.2) is 4.98 Å². The van der Waals surface area contributed by atoms with Crippen LogP contribution in [0.3, 0.4) is 0 Å². The molecule has 0 fully saturated rings. The van der Waals surface area contributed by atoms with Gasteiger partial charge in [-0.2, -0.15) is 0 Å². The molecule has 1 aromatic rings. The number of aromatic nitrogens is 2. The third-order valence-electron chi connectivity index (χ3n) is 5.01. The van der Waals surface area contributed by atoms with Crippen LogP contribution in [0.15, 0.2) is 52.6 Å². The third kappa shape index (κ3) is 2.10. The van der Waals surface area contributed by atoms with Gasteiger partial charge in [0.1, 0.15) is 16.7 Å². The number of hydrogen-bond acceptors (Lipinski definition) is 6. The molecule has 0 aromatic carbocycles. The molecule has 2 aliphatic heterocycles. The van der Waals surface area contributed by atoms with E-state index in [0.29, 0.717) is 5.88 Å². The highest BCUT2D eigenvalue weighted by molar-refractivity contribution is 8.13. The van der Waals surface area contributed by atoms with Gasteiger partial charge in [0.15, 0.2) is 11.0 Å². The fourth-order valence-electron chi connectivity index (χ4n) is 4.23. The average molecular weight is 371 g/mol. The number of fused-ring (bicyclic) bond motifs is 3. The molecule has 0 N–H and O–H groups in total. The van der Waals surface area contributed by atoms with Gasteiger partial charge in [-0.3, -0.25) is 14.3 Å². The maximum atomic E-state index is 11.8. The van der Waals surface area contributed by atoms with Crippen molar-refractivity contribution in [1.82, 2.24) is 9.55 Å². The predicted molar refractivity (Wildman–Crippen MR) is 102 cm³/mol. The Morgan fingerprint density at radius 1 is 1.35 bits per heavy atom. The number of allylic oxidation sites excluding steroid dienone is 2. The Morgan fingerprint density at radius 2 is 2.12 bits per heavy atom. The molecule has 2 unspecified atom stereocenters. The molecule has 6 nitrogen and oxygen atoms in total. The van der Waals surface area contributed by atoms with Crippen LogP contribution >= 0.6 is 11.8 Å². The van der Waals surface area contributed by atoms with Crippen LogP contribution in [0, 0.1) is 0 Å². The Balaban J connectivity index is 2.03. The Labute approximate surface area is 156 Å². The standard InChI is InChI=1S/C19H21N3O3S/c1-11-9-19-8-6-7-14(24-4)22(19)18-20-10-15(26-13(3)23)21(18)17(19)12(2)16(11)25-5/h6-10,16H,1-5H3. The van der Waals surface area contributed by atoms with E-state index in [4.69, 9.17) is 9.47 Å². The minimum Gasteiger partial charge on any atom is -0.482 e. The van der Waals surface area contributed by atoms with Gasteiger partial charge in [0.25, 0.3) is 0 Å². The Hall–Kier alpha value is -2.25. The largest absolute Gasteiger partial charge is 0.482 e. The summed E-state index contributed by atoms with van der Waals surface area (Å²) in [6.07, 6.45) is 9.90. The van der Waals surface area contributed by atoms with Gasteiger partial charge in [0.05, 0.1) is 19.0 Å². The molecule has 0 radical (unpaired) electrons. The van der Waals surface area contributed by atoms with E-state index >= 15 is 0 Å². The van der Waals surface area contributed by atoms with E-state index in [9.17, 15) is 4.79 Å². The molecule has 3 aliphatic rings. The smallest absolute Gasteiger partial charge is 0.219 e. The normalized spacial score (nSPS) is 26.2. The van der Waals surface area contributed by atoms with Crippen LogP contribution < -0.4 is 4.90 Å². The second-order valence-corrected chi connectivity index (χ2v) is 7.79. The summed E-state index contributed by atoms with van der Waals surface area (Å²) in [5.74, 6) is 1.45. The molecule has 0 saturated heterocycles. The first-order valence-electron chi connectivity index (χ1n) is 8.38. The highest BCUT2D eigenvalue weighted by Crippen LogP contribution is 2.53. The highest BCUT2D eigenvalue weighted by atomic mass is 32.2. The van der Waals surface area contributed by atoms with E-state index < -0.39 is 5.54 Å². The van der Waals surface area contributed by atoms with Crippen LogP contribution in [0.4, 0.5) is 5.95 Å². The molecule has 1 aromatic heterocycles. The summed E-state index contributed by atoms with van der Waals surface area (Å²) in [4.78, 5) is 18.5. The lowest BCUT2D eigenvalue weighted by molar-refractivity contribution is -0.109. The van der Waals surface area contributed by atoms with Gasteiger partial charge >= 0.3 is 0 Å². The maximum Gasteiger partial charge on any atom is 0.219 e. The average Bonchev–Trinajstić information content (AvgIpc) is 3.10. The van der Waals surface area contributed by atoms with E-state index in [2.05, 4.69) is 40.5 Å². The summed E-state index contributed by atoms with van der Waals surface area (Å²) in [5, 5.41) is 0.816. The summed E-state index contributed by atoms with van der Waals surface area (Å²) >= 11 is 1.18. The van der Waals surface area contributed by atoms with E-state index in [-0.39, 0.29) is 11.2 Å². The zero-order valence-corrected chi connectivity index (χ0v) is 16.3.